The molecule has 5 rings (SSSR count). The molecule has 0 fully saturated rings. The van der Waals surface area contributed by atoms with Gasteiger partial charge in [0.15, 0.2) is 5.82 Å². The van der Waals surface area contributed by atoms with Gasteiger partial charge in [-0.1, -0.05) is 78.0 Å². The minimum Gasteiger partial charge on any atom is -0.486 e. The molecule has 0 bridgehead atoms. The Balaban J connectivity index is 1.41. The third-order valence-corrected chi connectivity index (χ3v) is 6.89. The van der Waals surface area contributed by atoms with Crippen molar-refractivity contribution in [2.75, 3.05) is 10.7 Å². The number of thioether (sulfide) groups is 1. The van der Waals surface area contributed by atoms with Gasteiger partial charge in [-0.3, -0.25) is 4.79 Å². The Kier molecular flexibility index (Phi) is 6.22. The monoisotopic (exact) mass is 471 g/mol. The molecule has 1 aliphatic rings. The van der Waals surface area contributed by atoms with E-state index in [4.69, 9.17) is 4.74 Å². The van der Waals surface area contributed by atoms with Crippen molar-refractivity contribution < 1.29 is 9.53 Å². The Labute approximate surface area is 202 Å². The van der Waals surface area contributed by atoms with E-state index in [2.05, 4.69) is 27.0 Å². The predicted octanol–water partition coefficient (Wildman–Crippen LogP) is 4.87. The largest absolute Gasteiger partial charge is 0.486 e. The van der Waals surface area contributed by atoms with Gasteiger partial charge in [0.1, 0.15) is 17.6 Å². The van der Waals surface area contributed by atoms with Crippen molar-refractivity contribution in [1.29, 1.82) is 0 Å². The molecule has 34 heavy (non-hydrogen) atoms. The lowest BCUT2D eigenvalue weighted by molar-refractivity contribution is -0.116. The van der Waals surface area contributed by atoms with Crippen LogP contribution in [0.15, 0.2) is 84.0 Å². The quantitative estimate of drug-likeness (QED) is 0.418. The third-order valence-electron chi connectivity index (χ3n) is 5.67. The number of aryl methyl sites for hydroxylation is 2. The second-order valence-electron chi connectivity index (χ2n) is 8.20. The standard InChI is InChI=1S/C26H25N5O2S/c1-17-13-14-21(18(2)15-17)27-25(32)24-23(19-9-5-3-6-10-19)30-31-22(28-29-26(31)34-24)16-33-20-11-7-4-8-12-20/h3-15,23-24,30H,16H2,1-2H3,(H,27,32). The maximum absolute atomic E-state index is 13.5. The van der Waals surface area contributed by atoms with E-state index in [9.17, 15) is 4.79 Å². The van der Waals surface area contributed by atoms with Crippen molar-refractivity contribution in [3.8, 4) is 5.75 Å². The van der Waals surface area contributed by atoms with E-state index in [0.29, 0.717) is 11.0 Å². The van der Waals surface area contributed by atoms with Crippen molar-refractivity contribution >= 4 is 23.4 Å². The molecule has 0 spiro atoms. The molecular formula is C26H25N5O2S. The molecule has 1 aromatic heterocycles. The van der Waals surface area contributed by atoms with E-state index in [1.54, 1.807) is 0 Å². The second kappa shape index (κ2) is 9.61. The summed E-state index contributed by atoms with van der Waals surface area (Å²) in [5.74, 6) is 1.31. The molecular weight excluding hydrogens is 446 g/mol. The molecule has 3 aromatic carbocycles. The number of carbonyl (C=O) groups is 1. The van der Waals surface area contributed by atoms with Crippen LogP contribution >= 0.6 is 11.8 Å². The Morgan fingerprint density at radius 2 is 1.76 bits per heavy atom. The fourth-order valence-electron chi connectivity index (χ4n) is 3.93. The highest BCUT2D eigenvalue weighted by Gasteiger charge is 2.38. The first-order valence-corrected chi connectivity index (χ1v) is 11.9. The minimum atomic E-state index is -0.442. The van der Waals surface area contributed by atoms with Gasteiger partial charge in [-0.05, 0) is 43.2 Å². The van der Waals surface area contributed by atoms with E-state index in [-0.39, 0.29) is 18.6 Å². The summed E-state index contributed by atoms with van der Waals surface area (Å²) in [6.07, 6.45) is 0. The molecule has 0 saturated heterocycles. The van der Waals surface area contributed by atoms with Crippen LogP contribution < -0.4 is 15.5 Å². The zero-order valence-electron chi connectivity index (χ0n) is 18.9. The normalized spacial score (nSPS) is 16.9. The zero-order chi connectivity index (χ0) is 23.5. The highest BCUT2D eigenvalue weighted by Crippen LogP contribution is 2.37. The van der Waals surface area contributed by atoms with Gasteiger partial charge in [-0.2, -0.15) is 0 Å². The summed E-state index contributed by atoms with van der Waals surface area (Å²) in [6.45, 7) is 4.29. The molecule has 2 heterocycles. The summed E-state index contributed by atoms with van der Waals surface area (Å²) in [5, 5.41) is 11.9. The molecule has 2 N–H and O–H groups in total. The molecule has 4 aromatic rings. The van der Waals surface area contributed by atoms with Gasteiger partial charge >= 0.3 is 0 Å². The fraction of sp³-hybridized carbons (Fsp3) is 0.192. The van der Waals surface area contributed by atoms with Crippen molar-refractivity contribution in [2.24, 2.45) is 0 Å². The minimum absolute atomic E-state index is 0.0883. The molecule has 0 radical (unpaired) electrons. The maximum Gasteiger partial charge on any atom is 0.240 e. The summed E-state index contributed by atoms with van der Waals surface area (Å²) >= 11 is 1.40. The first kappa shape index (κ1) is 22.0. The molecule has 0 saturated carbocycles. The summed E-state index contributed by atoms with van der Waals surface area (Å²) in [4.78, 5) is 13.5. The van der Waals surface area contributed by atoms with Gasteiger partial charge in [0.2, 0.25) is 11.1 Å². The van der Waals surface area contributed by atoms with Crippen molar-refractivity contribution in [2.45, 2.75) is 36.9 Å². The number of hydrogen-bond donors (Lipinski definition) is 2. The van der Waals surface area contributed by atoms with E-state index in [1.807, 2.05) is 91.3 Å². The molecule has 8 heteroatoms. The third kappa shape index (κ3) is 4.63. The number of benzene rings is 3. The van der Waals surface area contributed by atoms with E-state index >= 15 is 0 Å². The second-order valence-corrected chi connectivity index (χ2v) is 9.31. The number of anilines is 1. The Hall–Kier alpha value is -3.78. The van der Waals surface area contributed by atoms with Crippen LogP contribution in [-0.2, 0) is 11.4 Å². The topological polar surface area (TPSA) is 81.1 Å². The highest BCUT2D eigenvalue weighted by atomic mass is 32.2. The number of ether oxygens (including phenoxy) is 1. The Morgan fingerprint density at radius 1 is 1.03 bits per heavy atom. The molecule has 0 aliphatic carbocycles. The summed E-state index contributed by atoms with van der Waals surface area (Å²) in [7, 11) is 0. The Morgan fingerprint density at radius 3 is 2.50 bits per heavy atom. The predicted molar refractivity (Wildman–Crippen MR) is 134 cm³/mol. The smallest absolute Gasteiger partial charge is 0.240 e. The number of nitrogens with one attached hydrogen (secondary N) is 2. The van der Waals surface area contributed by atoms with Gasteiger partial charge in [-0.15, -0.1) is 10.2 Å². The van der Waals surface area contributed by atoms with Gasteiger partial charge in [0, 0.05) is 5.69 Å². The Bertz CT molecular complexity index is 1290. The van der Waals surface area contributed by atoms with Crippen LogP contribution in [0, 0.1) is 13.8 Å². The summed E-state index contributed by atoms with van der Waals surface area (Å²) < 4.78 is 7.71. The van der Waals surface area contributed by atoms with E-state index in [0.717, 1.165) is 28.1 Å². The molecule has 1 amide bonds. The molecule has 172 valence electrons. The van der Waals surface area contributed by atoms with Crippen molar-refractivity contribution in [1.82, 2.24) is 14.9 Å². The van der Waals surface area contributed by atoms with Crippen molar-refractivity contribution in [3.63, 3.8) is 0 Å². The number of para-hydroxylation sites is 1. The lowest BCUT2D eigenvalue weighted by Gasteiger charge is -2.33. The summed E-state index contributed by atoms with van der Waals surface area (Å²) in [5.41, 5.74) is 7.47. The number of aromatic nitrogens is 3. The lowest BCUT2D eigenvalue weighted by atomic mass is 10.0. The van der Waals surface area contributed by atoms with E-state index in [1.165, 1.54) is 11.8 Å². The van der Waals surface area contributed by atoms with Gasteiger partial charge in [0.25, 0.3) is 0 Å². The van der Waals surface area contributed by atoms with Gasteiger partial charge in [-0.25, -0.2) is 4.68 Å². The number of fused-ring (bicyclic) bond motifs is 1. The SMILES string of the molecule is Cc1ccc(NC(=O)C2Sc3nnc(COc4ccccc4)n3NC2c2ccccc2)c(C)c1. The number of rotatable bonds is 6. The van der Waals surface area contributed by atoms with Crippen LogP contribution in [0.4, 0.5) is 5.69 Å². The van der Waals surface area contributed by atoms with Crippen LogP contribution in [0.1, 0.15) is 28.6 Å². The van der Waals surface area contributed by atoms with Crippen molar-refractivity contribution in [3.05, 3.63) is 101 Å². The van der Waals surface area contributed by atoms with Crippen LogP contribution in [0.5, 0.6) is 5.75 Å². The number of amides is 1. The average molecular weight is 472 g/mol. The van der Waals surface area contributed by atoms with Gasteiger partial charge < -0.3 is 15.5 Å². The fourth-order valence-corrected chi connectivity index (χ4v) is 5.02. The van der Waals surface area contributed by atoms with Crippen LogP contribution in [0.25, 0.3) is 0 Å². The zero-order valence-corrected chi connectivity index (χ0v) is 19.8. The number of hydrogen-bond acceptors (Lipinski definition) is 6. The van der Waals surface area contributed by atoms with Crippen LogP contribution in [0.3, 0.4) is 0 Å². The van der Waals surface area contributed by atoms with E-state index < -0.39 is 5.25 Å². The van der Waals surface area contributed by atoms with Gasteiger partial charge in [0.05, 0.1) is 6.04 Å². The maximum atomic E-state index is 13.5. The molecule has 7 nitrogen and oxygen atoms in total. The van der Waals surface area contributed by atoms with Crippen LogP contribution in [-0.4, -0.2) is 26.0 Å². The first-order chi connectivity index (χ1) is 16.6. The molecule has 1 aliphatic heterocycles. The first-order valence-electron chi connectivity index (χ1n) is 11.1. The lowest BCUT2D eigenvalue weighted by Crippen LogP contribution is -2.41. The average Bonchev–Trinajstić information content (AvgIpc) is 3.27. The molecule has 2 atom stereocenters. The molecule has 2 unspecified atom stereocenters. The summed E-state index contributed by atoms with van der Waals surface area (Å²) in [6, 6.07) is 25.3. The number of carbonyl (C=O) groups excluding carboxylic acids is 1. The number of nitrogens with zero attached hydrogens (tertiary/aromatic N) is 3. The highest BCUT2D eigenvalue weighted by molar-refractivity contribution is 8.00. The van der Waals surface area contributed by atoms with Crippen LogP contribution in [0.2, 0.25) is 0 Å².